The highest BCUT2D eigenvalue weighted by molar-refractivity contribution is 14.1. The van der Waals surface area contributed by atoms with Crippen LogP contribution in [0.2, 0.25) is 0 Å². The van der Waals surface area contributed by atoms with Crippen LogP contribution in [0.5, 0.6) is 11.5 Å². The molecule has 1 aromatic carbocycles. The van der Waals surface area contributed by atoms with Crippen LogP contribution in [0, 0.1) is 3.57 Å². The Bertz CT molecular complexity index is 540. The molecule has 0 aliphatic heterocycles. The lowest BCUT2D eigenvalue weighted by atomic mass is 10.3. The zero-order valence-corrected chi connectivity index (χ0v) is 10.8. The Balaban J connectivity index is 2.21. The third-order valence-electron chi connectivity index (χ3n) is 2.00. The molecule has 0 aliphatic carbocycles. The zero-order valence-electron chi connectivity index (χ0n) is 8.63. The average Bonchev–Trinajstić information content (AvgIpc) is 2.32. The van der Waals surface area contributed by atoms with Gasteiger partial charge in [-0.2, -0.15) is 0 Å². The average molecular weight is 341 g/mol. The van der Waals surface area contributed by atoms with E-state index in [1.54, 1.807) is 6.07 Å². The molecule has 0 unspecified atom stereocenters. The lowest BCUT2D eigenvalue weighted by Crippen LogP contribution is -1.99. The number of halogens is 1. The molecule has 1 N–H and O–H groups in total. The first kappa shape index (κ1) is 11.8. The van der Waals surface area contributed by atoms with Crippen LogP contribution in [0.3, 0.4) is 0 Å². The Morgan fingerprint density at radius 3 is 2.53 bits per heavy atom. The fraction of sp³-hybridized carbons (Fsp3) is 0. The van der Waals surface area contributed by atoms with E-state index in [1.807, 2.05) is 24.3 Å². The maximum atomic E-state index is 10.7. The Morgan fingerprint density at radius 2 is 1.88 bits per heavy atom. The summed E-state index contributed by atoms with van der Waals surface area (Å²) in [6.45, 7) is 0. The van der Waals surface area contributed by atoms with Crippen molar-refractivity contribution in [2.75, 3.05) is 0 Å². The molecule has 0 atom stereocenters. The van der Waals surface area contributed by atoms with Gasteiger partial charge in [0.1, 0.15) is 11.5 Å². The van der Waals surface area contributed by atoms with Crippen LogP contribution in [0.4, 0.5) is 0 Å². The Hall–Kier alpha value is -1.63. The molecule has 4 nitrogen and oxygen atoms in total. The maximum absolute atomic E-state index is 10.7. The van der Waals surface area contributed by atoms with Crippen molar-refractivity contribution in [1.29, 1.82) is 0 Å². The normalized spacial score (nSPS) is 9.94. The molecule has 0 amide bonds. The summed E-state index contributed by atoms with van der Waals surface area (Å²) in [5.74, 6) is 0.0459. The number of nitrogens with zero attached hydrogens (tertiary/aromatic N) is 1. The standard InChI is InChI=1S/C12H8INO3/c13-8-1-3-9(4-2-8)17-10-5-6-14-11(7-10)12(15)16/h1-7H,(H,15,16). The number of rotatable bonds is 3. The number of hydrogen-bond acceptors (Lipinski definition) is 3. The molecule has 86 valence electrons. The first-order chi connectivity index (χ1) is 8.15. The Kier molecular flexibility index (Phi) is 3.58. The van der Waals surface area contributed by atoms with Crippen molar-refractivity contribution < 1.29 is 14.6 Å². The first-order valence-electron chi connectivity index (χ1n) is 4.78. The van der Waals surface area contributed by atoms with Gasteiger partial charge in [-0.05, 0) is 52.9 Å². The molecule has 0 bridgehead atoms. The van der Waals surface area contributed by atoms with E-state index in [1.165, 1.54) is 12.3 Å². The van der Waals surface area contributed by atoms with Crippen LogP contribution in [-0.2, 0) is 0 Å². The van der Waals surface area contributed by atoms with Crippen LogP contribution in [0.25, 0.3) is 0 Å². The third-order valence-corrected chi connectivity index (χ3v) is 2.72. The second-order valence-corrected chi connectivity index (χ2v) is 4.48. The highest BCUT2D eigenvalue weighted by Crippen LogP contribution is 2.22. The van der Waals surface area contributed by atoms with Crippen molar-refractivity contribution in [3.8, 4) is 11.5 Å². The van der Waals surface area contributed by atoms with Gasteiger partial charge in [-0.15, -0.1) is 0 Å². The van der Waals surface area contributed by atoms with Gasteiger partial charge in [-0.1, -0.05) is 0 Å². The summed E-state index contributed by atoms with van der Waals surface area (Å²) in [5, 5.41) is 8.79. The van der Waals surface area contributed by atoms with E-state index in [2.05, 4.69) is 27.6 Å². The fourth-order valence-corrected chi connectivity index (χ4v) is 1.59. The minimum atomic E-state index is -1.07. The van der Waals surface area contributed by atoms with Crippen molar-refractivity contribution in [2.45, 2.75) is 0 Å². The van der Waals surface area contributed by atoms with Crippen LogP contribution < -0.4 is 4.74 Å². The topological polar surface area (TPSA) is 59.4 Å². The Labute approximate surface area is 111 Å². The monoisotopic (exact) mass is 341 g/mol. The largest absolute Gasteiger partial charge is 0.477 e. The maximum Gasteiger partial charge on any atom is 0.354 e. The number of ether oxygens (including phenoxy) is 1. The molecule has 1 aromatic heterocycles. The number of pyridine rings is 1. The van der Waals surface area contributed by atoms with Crippen molar-refractivity contribution in [3.05, 3.63) is 51.9 Å². The van der Waals surface area contributed by atoms with Crippen molar-refractivity contribution in [3.63, 3.8) is 0 Å². The van der Waals surface area contributed by atoms with Gasteiger partial charge in [0.25, 0.3) is 0 Å². The van der Waals surface area contributed by atoms with Crippen LogP contribution in [-0.4, -0.2) is 16.1 Å². The van der Waals surface area contributed by atoms with E-state index in [9.17, 15) is 4.79 Å². The second kappa shape index (κ2) is 5.13. The van der Waals surface area contributed by atoms with Crippen molar-refractivity contribution in [2.24, 2.45) is 0 Å². The first-order valence-corrected chi connectivity index (χ1v) is 5.86. The predicted molar refractivity (Wildman–Crippen MR) is 70.4 cm³/mol. The molecule has 0 saturated heterocycles. The molecule has 2 rings (SSSR count). The van der Waals surface area contributed by atoms with E-state index >= 15 is 0 Å². The number of benzene rings is 1. The summed E-state index contributed by atoms with van der Waals surface area (Å²) in [4.78, 5) is 14.4. The highest BCUT2D eigenvalue weighted by Gasteiger charge is 2.06. The van der Waals surface area contributed by atoms with E-state index < -0.39 is 5.97 Å². The second-order valence-electron chi connectivity index (χ2n) is 3.24. The lowest BCUT2D eigenvalue weighted by molar-refractivity contribution is 0.0690. The quantitative estimate of drug-likeness (QED) is 0.872. The Morgan fingerprint density at radius 1 is 1.18 bits per heavy atom. The lowest BCUT2D eigenvalue weighted by Gasteiger charge is -2.05. The molecule has 2 aromatic rings. The number of aromatic nitrogens is 1. The van der Waals surface area contributed by atoms with E-state index in [0.717, 1.165) is 3.57 Å². The zero-order chi connectivity index (χ0) is 12.3. The van der Waals surface area contributed by atoms with E-state index in [4.69, 9.17) is 9.84 Å². The SMILES string of the molecule is O=C(O)c1cc(Oc2ccc(I)cc2)ccn1. The molecule has 0 spiro atoms. The van der Waals surface area contributed by atoms with Gasteiger partial charge in [0, 0.05) is 15.8 Å². The van der Waals surface area contributed by atoms with Gasteiger partial charge in [0.15, 0.2) is 5.69 Å². The van der Waals surface area contributed by atoms with Crippen molar-refractivity contribution in [1.82, 2.24) is 4.98 Å². The number of carboxylic acids is 1. The summed E-state index contributed by atoms with van der Waals surface area (Å²) < 4.78 is 6.62. The van der Waals surface area contributed by atoms with Gasteiger partial charge in [-0.3, -0.25) is 0 Å². The van der Waals surface area contributed by atoms with Crippen LogP contribution >= 0.6 is 22.6 Å². The predicted octanol–water partition coefficient (Wildman–Crippen LogP) is 3.18. The van der Waals surface area contributed by atoms with Gasteiger partial charge in [0.2, 0.25) is 0 Å². The molecule has 0 fully saturated rings. The molecular weight excluding hydrogens is 333 g/mol. The number of carbonyl (C=O) groups is 1. The number of carboxylic acid groups (broad SMARTS) is 1. The number of aromatic carboxylic acids is 1. The number of hydrogen-bond donors (Lipinski definition) is 1. The van der Waals surface area contributed by atoms with Gasteiger partial charge in [0.05, 0.1) is 0 Å². The van der Waals surface area contributed by atoms with Crippen LogP contribution in [0.15, 0.2) is 42.6 Å². The van der Waals surface area contributed by atoms with Gasteiger partial charge >= 0.3 is 5.97 Å². The molecule has 0 saturated carbocycles. The molecule has 1 heterocycles. The third kappa shape index (κ3) is 3.16. The van der Waals surface area contributed by atoms with Gasteiger partial charge in [-0.25, -0.2) is 9.78 Å². The fourth-order valence-electron chi connectivity index (χ4n) is 1.23. The summed E-state index contributed by atoms with van der Waals surface area (Å²) >= 11 is 2.20. The molecule has 17 heavy (non-hydrogen) atoms. The molecule has 0 radical (unpaired) electrons. The van der Waals surface area contributed by atoms with Crippen LogP contribution in [0.1, 0.15) is 10.5 Å². The molecular formula is C12H8INO3. The van der Waals surface area contributed by atoms with Gasteiger partial charge < -0.3 is 9.84 Å². The smallest absolute Gasteiger partial charge is 0.354 e. The summed E-state index contributed by atoms with van der Waals surface area (Å²) in [7, 11) is 0. The summed E-state index contributed by atoms with van der Waals surface area (Å²) in [6, 6.07) is 10.5. The van der Waals surface area contributed by atoms with E-state index in [0.29, 0.717) is 11.5 Å². The summed E-state index contributed by atoms with van der Waals surface area (Å²) in [5.41, 5.74) is -0.0342. The van der Waals surface area contributed by atoms with E-state index in [-0.39, 0.29) is 5.69 Å². The van der Waals surface area contributed by atoms with Crippen molar-refractivity contribution >= 4 is 28.6 Å². The summed E-state index contributed by atoms with van der Waals surface area (Å²) in [6.07, 6.45) is 1.41. The molecule has 0 aliphatic rings. The minimum Gasteiger partial charge on any atom is -0.477 e. The highest BCUT2D eigenvalue weighted by atomic mass is 127. The minimum absolute atomic E-state index is 0.0342. The molecule has 5 heteroatoms.